The highest BCUT2D eigenvalue weighted by atomic mass is 35.5. The van der Waals surface area contributed by atoms with Gasteiger partial charge in [0.25, 0.3) is 0 Å². The number of carbonyl (C=O) groups is 1. The molecule has 0 aromatic heterocycles. The van der Waals surface area contributed by atoms with Crippen LogP contribution in [0.5, 0.6) is 0 Å². The van der Waals surface area contributed by atoms with E-state index in [9.17, 15) is 4.79 Å². The van der Waals surface area contributed by atoms with Gasteiger partial charge in [0.2, 0.25) is 0 Å². The van der Waals surface area contributed by atoms with Gasteiger partial charge in [0.05, 0.1) is 0 Å². The van der Waals surface area contributed by atoms with Crippen LogP contribution < -0.4 is 11.1 Å². The summed E-state index contributed by atoms with van der Waals surface area (Å²) in [7, 11) is 0. The van der Waals surface area contributed by atoms with Crippen molar-refractivity contribution in [3.63, 3.8) is 0 Å². The van der Waals surface area contributed by atoms with Crippen LogP contribution in [0.2, 0.25) is 5.02 Å². The van der Waals surface area contributed by atoms with Crippen molar-refractivity contribution in [2.24, 2.45) is 11.7 Å². The summed E-state index contributed by atoms with van der Waals surface area (Å²) in [5.74, 6) is 0.901. The normalized spacial score (nSPS) is 21.4. The largest absolute Gasteiger partial charge is 0.444 e. The summed E-state index contributed by atoms with van der Waals surface area (Å²) in [6.45, 7) is 6.16. The Morgan fingerprint density at radius 1 is 1.50 bits per heavy atom. The van der Waals surface area contributed by atoms with Gasteiger partial charge in [-0.05, 0) is 63.3 Å². The van der Waals surface area contributed by atoms with Crippen LogP contribution in [-0.2, 0) is 4.74 Å². The van der Waals surface area contributed by atoms with Gasteiger partial charge in [0, 0.05) is 10.7 Å². The lowest BCUT2D eigenvalue weighted by molar-refractivity contribution is 0.0636. The Morgan fingerprint density at radius 3 is 2.75 bits per heavy atom. The number of rotatable bonds is 3. The second-order valence-electron chi connectivity index (χ2n) is 6.20. The molecule has 1 amide bonds. The first-order valence-electron chi connectivity index (χ1n) is 6.79. The molecule has 4 nitrogen and oxygen atoms in total. The summed E-state index contributed by atoms with van der Waals surface area (Å²) in [5.41, 5.74) is 6.96. The van der Waals surface area contributed by atoms with Gasteiger partial charge in [0.15, 0.2) is 0 Å². The molecule has 0 aliphatic heterocycles. The van der Waals surface area contributed by atoms with Gasteiger partial charge in [0.1, 0.15) is 5.60 Å². The van der Waals surface area contributed by atoms with Gasteiger partial charge in [-0.1, -0.05) is 17.7 Å². The van der Waals surface area contributed by atoms with Crippen LogP contribution in [0.4, 0.5) is 10.5 Å². The van der Waals surface area contributed by atoms with E-state index in [-0.39, 0.29) is 0 Å². The van der Waals surface area contributed by atoms with Crippen molar-refractivity contribution in [3.8, 4) is 0 Å². The van der Waals surface area contributed by atoms with E-state index in [0.717, 1.165) is 12.0 Å². The van der Waals surface area contributed by atoms with Crippen LogP contribution in [-0.4, -0.2) is 18.2 Å². The molecule has 1 aliphatic rings. The number of ether oxygens (including phenoxy) is 1. The summed E-state index contributed by atoms with van der Waals surface area (Å²) in [6, 6.07) is 5.55. The van der Waals surface area contributed by atoms with Gasteiger partial charge in [-0.15, -0.1) is 0 Å². The lowest BCUT2D eigenvalue weighted by atomic mass is 10.1. The van der Waals surface area contributed by atoms with Crippen molar-refractivity contribution in [2.45, 2.75) is 38.7 Å². The number of amides is 1. The maximum absolute atomic E-state index is 11.9. The van der Waals surface area contributed by atoms with E-state index in [0.29, 0.717) is 29.1 Å². The third-order valence-corrected chi connectivity index (χ3v) is 3.51. The van der Waals surface area contributed by atoms with Gasteiger partial charge >= 0.3 is 6.09 Å². The Balaban J connectivity index is 2.14. The molecule has 110 valence electrons. The molecule has 20 heavy (non-hydrogen) atoms. The second kappa shape index (κ2) is 5.62. The molecular weight excluding hydrogens is 276 g/mol. The number of carbonyl (C=O) groups excluding carboxylic acids is 1. The Kier molecular flexibility index (Phi) is 4.25. The smallest absolute Gasteiger partial charge is 0.412 e. The number of hydrogen-bond acceptors (Lipinski definition) is 3. The fourth-order valence-corrected chi connectivity index (χ4v) is 2.43. The van der Waals surface area contributed by atoms with Crippen LogP contribution in [0, 0.1) is 5.92 Å². The van der Waals surface area contributed by atoms with Gasteiger partial charge in [-0.3, -0.25) is 5.32 Å². The van der Waals surface area contributed by atoms with E-state index in [1.54, 1.807) is 6.07 Å². The molecule has 0 heterocycles. The molecule has 0 spiro atoms. The fraction of sp³-hybridized carbons (Fsp3) is 0.533. The molecule has 1 aromatic carbocycles. The SMILES string of the molecule is CC(C)(C)OC(=O)Nc1cc(Cl)ccc1[C@@H]1C[C@H]1CN. The summed E-state index contributed by atoms with van der Waals surface area (Å²) < 4.78 is 5.27. The first-order chi connectivity index (χ1) is 9.30. The van der Waals surface area contributed by atoms with Crippen LogP contribution in [0.15, 0.2) is 18.2 Å². The molecule has 0 saturated heterocycles. The van der Waals surface area contributed by atoms with Crippen LogP contribution >= 0.6 is 11.6 Å². The summed E-state index contributed by atoms with van der Waals surface area (Å²) >= 11 is 6.01. The number of nitrogens with one attached hydrogen (secondary N) is 1. The predicted octanol–water partition coefficient (Wildman–Crippen LogP) is 3.75. The Morgan fingerprint density at radius 2 is 2.20 bits per heavy atom. The lowest BCUT2D eigenvalue weighted by Crippen LogP contribution is -2.27. The number of halogens is 1. The predicted molar refractivity (Wildman–Crippen MR) is 81.2 cm³/mol. The zero-order valence-electron chi connectivity index (χ0n) is 12.1. The first kappa shape index (κ1) is 15.1. The Labute approximate surface area is 124 Å². The standard InChI is InChI=1S/C15H21ClN2O2/c1-15(2,3)20-14(19)18-13-7-10(16)4-5-11(13)12-6-9(12)8-17/h4-5,7,9,12H,6,8,17H2,1-3H3,(H,18,19)/t9-,12+/m0/s1. The summed E-state index contributed by atoms with van der Waals surface area (Å²) in [6.07, 6.45) is 0.590. The lowest BCUT2D eigenvalue weighted by Gasteiger charge is -2.20. The monoisotopic (exact) mass is 296 g/mol. The zero-order chi connectivity index (χ0) is 14.9. The molecule has 0 radical (unpaired) electrons. The van der Waals surface area contributed by atoms with Crippen molar-refractivity contribution in [3.05, 3.63) is 28.8 Å². The van der Waals surface area contributed by atoms with E-state index >= 15 is 0 Å². The van der Waals surface area contributed by atoms with Crippen LogP contribution in [0.3, 0.4) is 0 Å². The summed E-state index contributed by atoms with van der Waals surface area (Å²) in [4.78, 5) is 11.9. The minimum atomic E-state index is -0.526. The van der Waals surface area contributed by atoms with Gasteiger partial charge < -0.3 is 10.5 Å². The number of benzene rings is 1. The Bertz CT molecular complexity index is 511. The van der Waals surface area contributed by atoms with Crippen LogP contribution in [0.1, 0.15) is 38.7 Å². The van der Waals surface area contributed by atoms with Crippen molar-refractivity contribution < 1.29 is 9.53 Å². The van der Waals surface area contributed by atoms with Crippen molar-refractivity contribution in [2.75, 3.05) is 11.9 Å². The Hall–Kier alpha value is -1.26. The number of hydrogen-bond donors (Lipinski definition) is 2. The average molecular weight is 297 g/mol. The van der Waals surface area contributed by atoms with Crippen molar-refractivity contribution >= 4 is 23.4 Å². The zero-order valence-corrected chi connectivity index (χ0v) is 12.8. The topological polar surface area (TPSA) is 64.3 Å². The average Bonchev–Trinajstić information content (AvgIpc) is 3.05. The van der Waals surface area contributed by atoms with E-state index in [2.05, 4.69) is 5.32 Å². The molecule has 1 aromatic rings. The highest BCUT2D eigenvalue weighted by molar-refractivity contribution is 6.31. The number of anilines is 1. The third-order valence-electron chi connectivity index (χ3n) is 3.28. The van der Waals surface area contributed by atoms with Gasteiger partial charge in [-0.25, -0.2) is 4.79 Å². The molecule has 0 unspecified atom stereocenters. The van der Waals surface area contributed by atoms with Gasteiger partial charge in [-0.2, -0.15) is 0 Å². The molecule has 3 N–H and O–H groups in total. The minimum absolute atomic E-state index is 0.405. The van der Waals surface area contributed by atoms with Crippen molar-refractivity contribution in [1.82, 2.24) is 0 Å². The molecule has 1 saturated carbocycles. The van der Waals surface area contributed by atoms with E-state index in [4.69, 9.17) is 22.1 Å². The molecule has 1 aliphatic carbocycles. The molecule has 2 rings (SSSR count). The molecule has 0 bridgehead atoms. The van der Waals surface area contributed by atoms with Crippen LogP contribution in [0.25, 0.3) is 0 Å². The number of nitrogens with two attached hydrogens (primary N) is 1. The quantitative estimate of drug-likeness (QED) is 0.893. The summed E-state index contributed by atoms with van der Waals surface area (Å²) in [5, 5.41) is 3.38. The highest BCUT2D eigenvalue weighted by Gasteiger charge is 2.38. The molecular formula is C15H21ClN2O2. The molecule has 5 heteroatoms. The molecule has 1 fully saturated rings. The highest BCUT2D eigenvalue weighted by Crippen LogP contribution is 2.49. The first-order valence-corrected chi connectivity index (χ1v) is 7.17. The van der Waals surface area contributed by atoms with E-state index in [1.807, 2.05) is 32.9 Å². The second-order valence-corrected chi connectivity index (χ2v) is 6.63. The maximum Gasteiger partial charge on any atom is 0.412 e. The van der Waals surface area contributed by atoms with E-state index < -0.39 is 11.7 Å². The van der Waals surface area contributed by atoms with Crippen molar-refractivity contribution in [1.29, 1.82) is 0 Å². The third kappa shape index (κ3) is 3.87. The maximum atomic E-state index is 11.9. The fourth-order valence-electron chi connectivity index (χ4n) is 2.26. The molecule has 2 atom stereocenters. The van der Waals surface area contributed by atoms with E-state index in [1.165, 1.54) is 0 Å². The minimum Gasteiger partial charge on any atom is -0.444 e.